The number of ketones is 2. The Labute approximate surface area is 182 Å². The second kappa shape index (κ2) is 25.9. The molecule has 2 radical (unpaired) electrons. The number of carbonyl (C=O) groups excluding carboxylic acids is 4. The van der Waals surface area contributed by atoms with Crippen LogP contribution in [0.3, 0.4) is 0 Å². The number of esters is 2. The van der Waals surface area contributed by atoms with Gasteiger partial charge in [0, 0.05) is 84.1 Å². The van der Waals surface area contributed by atoms with E-state index in [1.165, 1.54) is 7.11 Å². The van der Waals surface area contributed by atoms with Crippen LogP contribution in [0.5, 0.6) is 0 Å². The van der Waals surface area contributed by atoms with Gasteiger partial charge in [-0.05, 0) is 6.92 Å². The number of Topliss-reactive ketones (excluding diaryl/α,β-unsaturated/α-hetero) is 2. The first kappa shape index (κ1) is 33.5. The Hall–Kier alpha value is -0.0722. The van der Waals surface area contributed by atoms with Crippen LogP contribution in [-0.2, 0) is 98.8 Å². The molecular weight excluding hydrogens is 446 g/mol. The van der Waals surface area contributed by atoms with E-state index in [0.717, 1.165) is 0 Å². The Balaban J connectivity index is -0.0000000637. The molecule has 0 aliphatic heterocycles. The number of ether oxygens (including phenoxy) is 3. The van der Waals surface area contributed by atoms with E-state index in [9.17, 15) is 19.2 Å². The van der Waals surface area contributed by atoms with Gasteiger partial charge in [-0.3, -0.25) is 23.4 Å². The van der Waals surface area contributed by atoms with Gasteiger partial charge in [-0.1, -0.05) is 0 Å². The number of carbonyl (C=O) groups is 4. The van der Waals surface area contributed by atoms with E-state index >= 15 is 0 Å². The van der Waals surface area contributed by atoms with Crippen LogP contribution in [0.25, 0.3) is 0 Å². The standard InChI is InChI=1S/C5H6O3.2C4H7O2.2Y/c1-4(6)3-8-5(2)7;1-4(5)3-6-2;1-3-6-4(2)5;;/h1-3H2;1,3H2,2H3;2-3H2,1H3;;/q-2;2*-1;;. The largest absolute Gasteiger partial charge is 0.489 e. The third-order valence-corrected chi connectivity index (χ3v) is 1.00. The van der Waals surface area contributed by atoms with Crippen LogP contribution in [0.4, 0.5) is 0 Å². The van der Waals surface area contributed by atoms with Crippen LogP contribution in [-0.4, -0.2) is 50.4 Å². The molecule has 0 spiro atoms. The van der Waals surface area contributed by atoms with E-state index in [0.29, 0.717) is 6.61 Å². The van der Waals surface area contributed by atoms with Gasteiger partial charge in [-0.15, -0.1) is 0 Å². The number of hydrogen-bond donors (Lipinski definition) is 0. The topological polar surface area (TPSA) is 96.0 Å². The van der Waals surface area contributed by atoms with E-state index in [-0.39, 0.29) is 84.4 Å². The molecule has 22 heavy (non-hydrogen) atoms. The molecule has 0 amide bonds. The van der Waals surface area contributed by atoms with Crippen molar-refractivity contribution in [1.82, 2.24) is 0 Å². The SMILES string of the molecule is [CH2-]C(=O)COC.[CH2-]C(=O)COC([CH2-])=O.[CH2-]C(=O)OCC.[Y].[Y]. The molecule has 0 saturated heterocycles. The summed E-state index contributed by atoms with van der Waals surface area (Å²) in [7, 11) is 1.46. The van der Waals surface area contributed by atoms with E-state index in [4.69, 9.17) is 0 Å². The van der Waals surface area contributed by atoms with E-state index < -0.39 is 17.7 Å². The Bertz CT molecular complexity index is 277. The Morgan fingerprint density at radius 1 is 0.773 bits per heavy atom. The third kappa shape index (κ3) is 59.8. The Morgan fingerprint density at radius 3 is 1.18 bits per heavy atom. The van der Waals surface area contributed by atoms with Gasteiger partial charge in [0.1, 0.15) is 6.61 Å². The molecule has 9 heteroatoms. The minimum atomic E-state index is -0.706. The summed E-state index contributed by atoms with van der Waals surface area (Å²) >= 11 is 0. The zero-order chi connectivity index (χ0) is 16.6. The fraction of sp³-hybridized carbons (Fsp3) is 0.385. The fourth-order valence-corrected chi connectivity index (χ4v) is 0.483. The predicted octanol–water partition coefficient (Wildman–Crippen LogP) is 0.181. The summed E-state index contributed by atoms with van der Waals surface area (Å²) in [6, 6.07) is 0. The first-order chi connectivity index (χ1) is 9.17. The van der Waals surface area contributed by atoms with Crippen molar-refractivity contribution < 1.29 is 98.8 Å². The maximum atomic E-state index is 9.93. The van der Waals surface area contributed by atoms with Crippen molar-refractivity contribution in [2.24, 2.45) is 0 Å². The minimum absolute atomic E-state index is 0. The summed E-state index contributed by atoms with van der Waals surface area (Å²) in [5.74, 6) is -1.78. The maximum Gasteiger partial charge on any atom is 0.164 e. The maximum absolute atomic E-state index is 9.93. The smallest absolute Gasteiger partial charge is 0.164 e. The first-order valence-electron chi connectivity index (χ1n) is 5.33. The van der Waals surface area contributed by atoms with Crippen molar-refractivity contribution in [2.45, 2.75) is 6.92 Å². The molecule has 0 saturated carbocycles. The molecule has 0 aromatic rings. The van der Waals surface area contributed by atoms with Crippen LogP contribution in [0.15, 0.2) is 0 Å². The molecule has 0 aromatic carbocycles. The molecule has 0 fully saturated rings. The number of hydrogen-bond acceptors (Lipinski definition) is 7. The molecule has 0 aromatic heterocycles. The van der Waals surface area contributed by atoms with Gasteiger partial charge in [-0.2, -0.15) is 0 Å². The second-order valence-corrected chi connectivity index (χ2v) is 2.98. The monoisotopic (exact) mass is 466 g/mol. The normalized spacial score (nSPS) is 7.18. The van der Waals surface area contributed by atoms with E-state index in [2.05, 4.69) is 41.9 Å². The molecule has 0 unspecified atom stereocenters. The summed E-state index contributed by atoms with van der Waals surface area (Å²) in [6.07, 6.45) is 0. The van der Waals surface area contributed by atoms with Crippen LogP contribution in [0.1, 0.15) is 6.92 Å². The molecule has 0 N–H and O–H groups in total. The van der Waals surface area contributed by atoms with Crippen molar-refractivity contribution in [1.29, 1.82) is 0 Å². The molecule has 124 valence electrons. The molecular formula is C13H20O7Y2-4. The van der Waals surface area contributed by atoms with Gasteiger partial charge in [0.15, 0.2) is 11.9 Å². The summed E-state index contributed by atoms with van der Waals surface area (Å²) in [5, 5.41) is 0. The fourth-order valence-electron chi connectivity index (χ4n) is 0.483. The van der Waals surface area contributed by atoms with Gasteiger partial charge in [0.2, 0.25) is 0 Å². The van der Waals surface area contributed by atoms with Gasteiger partial charge < -0.3 is 37.6 Å². The van der Waals surface area contributed by atoms with Gasteiger partial charge >= 0.3 is 0 Å². The zero-order valence-electron chi connectivity index (χ0n) is 13.0. The molecule has 0 aliphatic carbocycles. The van der Waals surface area contributed by atoms with Crippen LogP contribution in [0.2, 0.25) is 0 Å². The van der Waals surface area contributed by atoms with Crippen LogP contribution < -0.4 is 0 Å². The average Bonchev–Trinajstić information content (AvgIpc) is 2.27. The third-order valence-electron chi connectivity index (χ3n) is 1.00. The Kier molecular flexibility index (Phi) is 39.4. The quantitative estimate of drug-likeness (QED) is 0.422. The zero-order valence-corrected chi connectivity index (χ0v) is 18.6. The first-order valence-corrected chi connectivity index (χ1v) is 5.33. The Morgan fingerprint density at radius 2 is 1.14 bits per heavy atom. The summed E-state index contributed by atoms with van der Waals surface area (Å²) < 4.78 is 12.8. The summed E-state index contributed by atoms with van der Waals surface area (Å²) in [6.45, 7) is 13.9. The van der Waals surface area contributed by atoms with E-state index in [1.807, 2.05) is 0 Å². The predicted molar refractivity (Wildman–Crippen MR) is 70.9 cm³/mol. The van der Waals surface area contributed by atoms with Crippen LogP contribution >= 0.6 is 0 Å². The summed E-state index contributed by atoms with van der Waals surface area (Å²) in [5.41, 5.74) is 0. The van der Waals surface area contributed by atoms with Crippen LogP contribution in [0, 0.1) is 27.7 Å². The van der Waals surface area contributed by atoms with Crippen molar-refractivity contribution >= 4 is 23.5 Å². The molecule has 0 rings (SSSR count). The van der Waals surface area contributed by atoms with Crippen molar-refractivity contribution in [3.8, 4) is 0 Å². The van der Waals surface area contributed by atoms with Crippen molar-refractivity contribution in [3.05, 3.63) is 27.7 Å². The van der Waals surface area contributed by atoms with Gasteiger partial charge in [0.05, 0.1) is 13.2 Å². The number of methoxy groups -OCH3 is 1. The van der Waals surface area contributed by atoms with E-state index in [1.54, 1.807) is 6.92 Å². The average molecular weight is 466 g/mol. The molecule has 0 bridgehead atoms. The van der Waals surface area contributed by atoms with Gasteiger partial charge in [0.25, 0.3) is 0 Å². The van der Waals surface area contributed by atoms with Crippen molar-refractivity contribution in [2.75, 3.05) is 26.9 Å². The van der Waals surface area contributed by atoms with Crippen molar-refractivity contribution in [3.63, 3.8) is 0 Å². The minimum Gasteiger partial charge on any atom is -0.489 e. The second-order valence-electron chi connectivity index (χ2n) is 2.98. The number of rotatable bonds is 5. The van der Waals surface area contributed by atoms with Gasteiger partial charge in [-0.25, -0.2) is 0 Å². The molecule has 7 nitrogen and oxygen atoms in total. The molecule has 0 heterocycles. The molecule has 0 atom stereocenters. The summed E-state index contributed by atoms with van der Waals surface area (Å²) in [4.78, 5) is 39.3. The molecule has 0 aliphatic rings.